The number of unbranched alkanes of at least 4 members (excludes halogenated alkanes) is 2. The number of amides is 6. The number of hydrogen-bond acceptors (Lipinski definition) is 7. The van der Waals surface area contributed by atoms with E-state index in [1.165, 1.54) is 12.2 Å². The first kappa shape index (κ1) is 36.9. The van der Waals surface area contributed by atoms with Crippen molar-refractivity contribution < 1.29 is 33.9 Å². The fraction of sp³-hybridized carbons (Fsp3) is 0.692. The van der Waals surface area contributed by atoms with Crippen LogP contribution in [0.25, 0.3) is 0 Å². The van der Waals surface area contributed by atoms with Gasteiger partial charge in [-0.25, -0.2) is 4.79 Å². The third-order valence-electron chi connectivity index (χ3n) is 5.22. The third-order valence-corrected chi connectivity index (χ3v) is 5.22. The molecule has 0 spiro atoms. The molecule has 1 rings (SSSR count). The van der Waals surface area contributed by atoms with Crippen molar-refractivity contribution in [2.75, 3.05) is 19.7 Å². The first-order valence-electron chi connectivity index (χ1n) is 13.4. The standard InChI is InChI=1S/C22H35N5O7.2C2H6/c1-14(2)20(32)15(7-6-11-24-22(23)34)26-21(33)16(13-28)25-17(29)8-4-3-5-12-27-18(30)9-10-19(27)31;2*1-2/h9-10,14-16,28H,3-8,11-13H2,1-2H3,(H,25,29)(H,26,33)(H3,23,24,34);2*1-2H3/t15-,16?;;/m0../s1. The summed E-state index contributed by atoms with van der Waals surface area (Å²) in [6.07, 6.45) is 4.78. The maximum Gasteiger partial charge on any atom is 0.312 e. The van der Waals surface area contributed by atoms with Gasteiger partial charge in [0.1, 0.15) is 6.04 Å². The van der Waals surface area contributed by atoms with Gasteiger partial charge < -0.3 is 26.8 Å². The molecule has 6 N–H and O–H groups in total. The van der Waals surface area contributed by atoms with Gasteiger partial charge in [-0.3, -0.25) is 28.9 Å². The number of aliphatic hydroxyl groups excluding tert-OH is 1. The van der Waals surface area contributed by atoms with E-state index in [-0.39, 0.29) is 49.4 Å². The van der Waals surface area contributed by atoms with Gasteiger partial charge in [-0.05, 0) is 25.7 Å². The Balaban J connectivity index is 0. The number of carbonyl (C=O) groups excluding carboxylic acids is 6. The van der Waals surface area contributed by atoms with Crippen LogP contribution in [0, 0.1) is 5.92 Å². The molecular weight excluding hydrogens is 494 g/mol. The predicted octanol–water partition coefficient (Wildman–Crippen LogP) is 1.16. The van der Waals surface area contributed by atoms with Gasteiger partial charge in [0.15, 0.2) is 5.78 Å². The molecule has 0 saturated heterocycles. The van der Waals surface area contributed by atoms with Crippen LogP contribution in [0.15, 0.2) is 12.2 Å². The number of rotatable bonds is 16. The highest BCUT2D eigenvalue weighted by Crippen LogP contribution is 2.09. The summed E-state index contributed by atoms with van der Waals surface area (Å²) in [6.45, 7) is 11.3. The molecule has 6 amide bonds. The third kappa shape index (κ3) is 15.1. The number of imide groups is 1. The second kappa shape index (κ2) is 21.8. The number of hydrogen-bond donors (Lipinski definition) is 5. The summed E-state index contributed by atoms with van der Waals surface area (Å²) in [6, 6.07) is -2.74. The summed E-state index contributed by atoms with van der Waals surface area (Å²) in [4.78, 5) is 72.1. The highest BCUT2D eigenvalue weighted by atomic mass is 16.3. The molecule has 0 fully saturated rings. The normalized spacial score (nSPS) is 13.5. The second-order valence-corrected chi connectivity index (χ2v) is 8.33. The number of ketones is 1. The van der Waals surface area contributed by atoms with Crippen LogP contribution in [0.2, 0.25) is 0 Å². The Bertz CT molecular complexity index is 781. The smallest absolute Gasteiger partial charge is 0.312 e. The first-order chi connectivity index (χ1) is 18.1. The van der Waals surface area contributed by atoms with Gasteiger partial charge in [-0.2, -0.15) is 0 Å². The Morgan fingerprint density at radius 2 is 1.47 bits per heavy atom. The summed E-state index contributed by atoms with van der Waals surface area (Å²) in [5.41, 5.74) is 5.01. The molecule has 0 aliphatic carbocycles. The molecule has 0 saturated carbocycles. The lowest BCUT2D eigenvalue weighted by Gasteiger charge is -2.23. The van der Waals surface area contributed by atoms with Gasteiger partial charge in [0.05, 0.1) is 12.6 Å². The van der Waals surface area contributed by atoms with E-state index < -0.39 is 36.5 Å². The van der Waals surface area contributed by atoms with Crippen LogP contribution in [0.3, 0.4) is 0 Å². The Labute approximate surface area is 226 Å². The molecular formula is C26H47N5O7. The van der Waals surface area contributed by atoms with Gasteiger partial charge in [-0.1, -0.05) is 48.0 Å². The molecule has 0 aromatic carbocycles. The van der Waals surface area contributed by atoms with Crippen LogP contribution >= 0.6 is 0 Å². The largest absolute Gasteiger partial charge is 0.394 e. The van der Waals surface area contributed by atoms with Crippen molar-refractivity contribution in [1.29, 1.82) is 0 Å². The predicted molar refractivity (Wildman–Crippen MR) is 145 cm³/mol. The van der Waals surface area contributed by atoms with E-state index in [1.807, 2.05) is 27.7 Å². The van der Waals surface area contributed by atoms with Crippen LogP contribution in [-0.2, 0) is 24.0 Å². The van der Waals surface area contributed by atoms with Crippen molar-refractivity contribution in [1.82, 2.24) is 20.9 Å². The molecule has 1 aliphatic rings. The molecule has 2 atom stereocenters. The van der Waals surface area contributed by atoms with E-state index in [1.54, 1.807) is 13.8 Å². The number of nitrogens with two attached hydrogens (primary N) is 1. The summed E-state index contributed by atoms with van der Waals surface area (Å²) in [5.74, 6) is -2.38. The minimum absolute atomic E-state index is 0.0943. The molecule has 0 aromatic rings. The van der Waals surface area contributed by atoms with Crippen LogP contribution in [0.1, 0.15) is 80.1 Å². The number of carbonyl (C=O) groups is 6. The minimum atomic E-state index is -1.22. The molecule has 1 unspecified atom stereocenters. The molecule has 0 aromatic heterocycles. The second-order valence-electron chi connectivity index (χ2n) is 8.33. The van der Waals surface area contributed by atoms with Crippen LogP contribution in [-0.4, -0.2) is 77.2 Å². The topological polar surface area (TPSA) is 188 Å². The van der Waals surface area contributed by atoms with Crippen LogP contribution in [0.4, 0.5) is 4.79 Å². The average Bonchev–Trinajstić information content (AvgIpc) is 3.22. The van der Waals surface area contributed by atoms with Crippen molar-refractivity contribution >= 4 is 35.4 Å². The number of nitrogens with zero attached hydrogens (tertiary/aromatic N) is 1. The summed E-state index contributed by atoms with van der Waals surface area (Å²) in [5, 5.41) is 17.0. The highest BCUT2D eigenvalue weighted by molar-refractivity contribution is 6.12. The van der Waals surface area contributed by atoms with E-state index in [4.69, 9.17) is 5.73 Å². The van der Waals surface area contributed by atoms with E-state index in [9.17, 15) is 33.9 Å². The number of nitrogens with one attached hydrogen (secondary N) is 3. The van der Waals surface area contributed by atoms with E-state index in [0.29, 0.717) is 25.7 Å². The Morgan fingerprint density at radius 3 is 1.97 bits per heavy atom. The lowest BCUT2D eigenvalue weighted by molar-refractivity contribution is -0.137. The van der Waals surface area contributed by atoms with Crippen molar-refractivity contribution in [3.63, 3.8) is 0 Å². The molecule has 0 radical (unpaired) electrons. The molecule has 218 valence electrons. The molecule has 38 heavy (non-hydrogen) atoms. The van der Waals surface area contributed by atoms with Crippen LogP contribution < -0.4 is 21.7 Å². The van der Waals surface area contributed by atoms with Crippen molar-refractivity contribution in [3.05, 3.63) is 12.2 Å². The Morgan fingerprint density at radius 1 is 0.895 bits per heavy atom. The lowest BCUT2D eigenvalue weighted by Crippen LogP contribution is -2.53. The quantitative estimate of drug-likeness (QED) is 0.143. The number of aliphatic hydroxyl groups is 1. The number of urea groups is 1. The lowest BCUT2D eigenvalue weighted by atomic mass is 9.97. The molecule has 12 nitrogen and oxygen atoms in total. The Hall–Kier alpha value is -3.28. The zero-order valence-corrected chi connectivity index (χ0v) is 23.7. The van der Waals surface area contributed by atoms with Crippen LogP contribution in [0.5, 0.6) is 0 Å². The van der Waals surface area contributed by atoms with Crippen molar-refractivity contribution in [3.8, 4) is 0 Å². The SMILES string of the molecule is CC.CC.CC(C)C(=O)[C@H](CCCNC(N)=O)NC(=O)C(CO)NC(=O)CCCCCN1C(=O)C=CC1=O. The van der Waals surface area contributed by atoms with Gasteiger partial charge in [0, 0.05) is 37.6 Å². The monoisotopic (exact) mass is 541 g/mol. The van der Waals surface area contributed by atoms with Gasteiger partial charge in [0.25, 0.3) is 11.8 Å². The fourth-order valence-corrected chi connectivity index (χ4v) is 3.32. The summed E-state index contributed by atoms with van der Waals surface area (Å²) >= 11 is 0. The summed E-state index contributed by atoms with van der Waals surface area (Å²) < 4.78 is 0. The Kier molecular flexibility index (Phi) is 21.1. The van der Waals surface area contributed by atoms with E-state index in [2.05, 4.69) is 16.0 Å². The highest BCUT2D eigenvalue weighted by Gasteiger charge is 2.27. The fourth-order valence-electron chi connectivity index (χ4n) is 3.32. The maximum absolute atomic E-state index is 12.6. The maximum atomic E-state index is 12.6. The molecule has 12 heteroatoms. The summed E-state index contributed by atoms with van der Waals surface area (Å²) in [7, 11) is 0. The van der Waals surface area contributed by atoms with Gasteiger partial charge in [0.2, 0.25) is 11.8 Å². The zero-order chi connectivity index (χ0) is 29.7. The van der Waals surface area contributed by atoms with Crippen molar-refractivity contribution in [2.24, 2.45) is 11.7 Å². The van der Waals surface area contributed by atoms with Gasteiger partial charge >= 0.3 is 6.03 Å². The number of primary amides is 1. The molecule has 1 heterocycles. The first-order valence-corrected chi connectivity index (χ1v) is 13.4. The average molecular weight is 542 g/mol. The molecule has 0 bridgehead atoms. The minimum Gasteiger partial charge on any atom is -0.394 e. The van der Waals surface area contributed by atoms with E-state index in [0.717, 1.165) is 4.90 Å². The molecule has 1 aliphatic heterocycles. The van der Waals surface area contributed by atoms with E-state index >= 15 is 0 Å². The number of Topliss-reactive ketones (excluding diaryl/α,β-unsaturated/α-hetero) is 1. The zero-order valence-electron chi connectivity index (χ0n) is 23.7. The van der Waals surface area contributed by atoms with Gasteiger partial charge in [-0.15, -0.1) is 0 Å². The van der Waals surface area contributed by atoms with Crippen molar-refractivity contribution in [2.45, 2.75) is 92.2 Å².